The minimum atomic E-state index is -0.404. The molecule has 0 saturated heterocycles. The summed E-state index contributed by atoms with van der Waals surface area (Å²) in [5.74, 6) is 1.97. The fraction of sp³-hybridized carbons (Fsp3) is 0.133. The lowest BCUT2D eigenvalue weighted by atomic mass is 10.2. The van der Waals surface area contributed by atoms with Gasteiger partial charge in [0.1, 0.15) is 0 Å². The van der Waals surface area contributed by atoms with Gasteiger partial charge in [0.15, 0.2) is 15.8 Å². The van der Waals surface area contributed by atoms with Crippen molar-refractivity contribution in [3.05, 3.63) is 51.0 Å². The van der Waals surface area contributed by atoms with Crippen molar-refractivity contribution in [1.29, 1.82) is 0 Å². The van der Waals surface area contributed by atoms with Crippen molar-refractivity contribution in [3.8, 4) is 11.5 Å². The highest BCUT2D eigenvalue weighted by atomic mass is 35.5. The van der Waals surface area contributed by atoms with Crippen LogP contribution in [-0.2, 0) is 5.75 Å². The van der Waals surface area contributed by atoms with E-state index in [9.17, 15) is 10.1 Å². The van der Waals surface area contributed by atoms with Gasteiger partial charge in [-0.2, -0.15) is 0 Å². The second-order valence-corrected chi connectivity index (χ2v) is 7.63. The second kappa shape index (κ2) is 6.12. The largest absolute Gasteiger partial charge is 0.454 e. The molecule has 0 unspecified atom stereocenters. The van der Waals surface area contributed by atoms with Crippen LogP contribution in [0, 0.1) is 10.1 Å². The Hall–Kier alpha value is -2.03. The Morgan fingerprint density at radius 3 is 2.88 bits per heavy atom. The van der Waals surface area contributed by atoms with E-state index in [1.54, 1.807) is 18.2 Å². The summed E-state index contributed by atoms with van der Waals surface area (Å²) in [5, 5.41) is 11.5. The van der Waals surface area contributed by atoms with Crippen LogP contribution in [0.15, 0.2) is 34.7 Å². The minimum Gasteiger partial charge on any atom is -0.454 e. The zero-order valence-corrected chi connectivity index (χ0v) is 14.4. The topological polar surface area (TPSA) is 74.5 Å². The summed E-state index contributed by atoms with van der Waals surface area (Å²) in [6.45, 7) is 0.207. The van der Waals surface area contributed by atoms with Crippen LogP contribution >= 0.6 is 34.7 Å². The van der Waals surface area contributed by atoms with Crippen LogP contribution in [0.2, 0.25) is 5.02 Å². The van der Waals surface area contributed by atoms with Gasteiger partial charge in [0.2, 0.25) is 6.79 Å². The number of non-ortho nitro benzene ring substituents is 1. The molecular formula is C15H9ClN2O4S2. The molecule has 2 heterocycles. The van der Waals surface area contributed by atoms with Gasteiger partial charge in [0, 0.05) is 29.0 Å². The van der Waals surface area contributed by atoms with Crippen molar-refractivity contribution in [2.45, 2.75) is 10.1 Å². The maximum Gasteiger partial charge on any atom is 0.270 e. The molecule has 122 valence electrons. The smallest absolute Gasteiger partial charge is 0.270 e. The number of aromatic nitrogens is 1. The lowest BCUT2D eigenvalue weighted by Gasteiger charge is -2.04. The standard InChI is InChI=1S/C15H9ClN2O4S2/c16-10-5-13-12(21-7-22-13)3-8(10)6-23-15-17-11-2-1-9(18(19)20)4-14(11)24-15/h1-5H,6-7H2. The molecule has 2 aromatic carbocycles. The van der Waals surface area contributed by atoms with Crippen molar-refractivity contribution in [2.24, 2.45) is 0 Å². The number of hydrogen-bond acceptors (Lipinski definition) is 7. The number of fused-ring (bicyclic) bond motifs is 2. The Labute approximate surface area is 149 Å². The van der Waals surface area contributed by atoms with Crippen molar-refractivity contribution in [3.63, 3.8) is 0 Å². The molecule has 4 rings (SSSR count). The summed E-state index contributed by atoms with van der Waals surface area (Å²) in [5.41, 5.74) is 1.75. The van der Waals surface area contributed by atoms with E-state index in [4.69, 9.17) is 21.1 Å². The molecule has 0 fully saturated rings. The molecule has 24 heavy (non-hydrogen) atoms. The molecule has 0 radical (unpaired) electrons. The molecule has 0 atom stereocenters. The minimum absolute atomic E-state index is 0.0708. The summed E-state index contributed by atoms with van der Waals surface area (Å²) < 4.78 is 12.3. The van der Waals surface area contributed by atoms with E-state index < -0.39 is 4.92 Å². The number of nitro benzene ring substituents is 1. The van der Waals surface area contributed by atoms with Crippen LogP contribution in [0.4, 0.5) is 5.69 Å². The lowest BCUT2D eigenvalue weighted by Crippen LogP contribution is -1.92. The van der Waals surface area contributed by atoms with E-state index in [0.29, 0.717) is 22.3 Å². The number of benzene rings is 2. The average Bonchev–Trinajstić information content (AvgIpc) is 3.17. The van der Waals surface area contributed by atoms with E-state index in [0.717, 1.165) is 20.1 Å². The Morgan fingerprint density at radius 2 is 2.08 bits per heavy atom. The Bertz CT molecular complexity index is 960. The van der Waals surface area contributed by atoms with Gasteiger partial charge in [-0.15, -0.1) is 11.3 Å². The van der Waals surface area contributed by atoms with E-state index in [1.165, 1.54) is 29.2 Å². The first-order valence-corrected chi connectivity index (χ1v) is 9.04. The predicted molar refractivity (Wildman–Crippen MR) is 93.4 cm³/mol. The molecule has 9 heteroatoms. The molecular weight excluding hydrogens is 372 g/mol. The van der Waals surface area contributed by atoms with E-state index in [-0.39, 0.29) is 12.5 Å². The number of rotatable bonds is 4. The molecule has 1 aromatic heterocycles. The second-order valence-electron chi connectivity index (χ2n) is 4.97. The average molecular weight is 381 g/mol. The number of thioether (sulfide) groups is 1. The summed E-state index contributed by atoms with van der Waals surface area (Å²) in [7, 11) is 0. The number of nitrogens with zero attached hydrogens (tertiary/aromatic N) is 2. The first-order chi connectivity index (χ1) is 11.6. The number of hydrogen-bond donors (Lipinski definition) is 0. The molecule has 0 amide bonds. The van der Waals surface area contributed by atoms with Crippen molar-refractivity contribution in [2.75, 3.05) is 6.79 Å². The normalized spacial score (nSPS) is 12.7. The van der Waals surface area contributed by atoms with E-state index >= 15 is 0 Å². The molecule has 0 aliphatic carbocycles. The van der Waals surface area contributed by atoms with Gasteiger partial charge < -0.3 is 9.47 Å². The molecule has 6 nitrogen and oxygen atoms in total. The summed E-state index contributed by atoms with van der Waals surface area (Å²) in [6.07, 6.45) is 0. The number of thiazole rings is 1. The molecule has 0 spiro atoms. The molecule has 1 aliphatic rings. The third kappa shape index (κ3) is 2.88. The van der Waals surface area contributed by atoms with Gasteiger partial charge in [-0.3, -0.25) is 10.1 Å². The van der Waals surface area contributed by atoms with Crippen molar-refractivity contribution in [1.82, 2.24) is 4.98 Å². The van der Waals surface area contributed by atoms with Gasteiger partial charge in [-0.25, -0.2) is 4.98 Å². The molecule has 0 bridgehead atoms. The highest BCUT2D eigenvalue weighted by Crippen LogP contribution is 2.40. The summed E-state index contributed by atoms with van der Waals surface area (Å²) >= 11 is 9.23. The van der Waals surface area contributed by atoms with Gasteiger partial charge in [0.25, 0.3) is 5.69 Å². The third-order valence-corrected chi connectivity index (χ3v) is 6.02. The predicted octanol–water partition coefficient (Wildman–Crippen LogP) is 4.88. The highest BCUT2D eigenvalue weighted by molar-refractivity contribution is 8.00. The highest BCUT2D eigenvalue weighted by Gasteiger charge is 2.17. The zero-order valence-electron chi connectivity index (χ0n) is 12.0. The maximum atomic E-state index is 10.8. The van der Waals surface area contributed by atoms with Crippen LogP contribution in [0.5, 0.6) is 11.5 Å². The van der Waals surface area contributed by atoms with Crippen LogP contribution < -0.4 is 9.47 Å². The van der Waals surface area contributed by atoms with Crippen LogP contribution in [-0.4, -0.2) is 16.7 Å². The van der Waals surface area contributed by atoms with Crippen molar-refractivity contribution >= 4 is 50.6 Å². The molecule has 1 aliphatic heterocycles. The van der Waals surface area contributed by atoms with Gasteiger partial charge in [-0.1, -0.05) is 23.4 Å². The zero-order chi connectivity index (χ0) is 16.7. The van der Waals surface area contributed by atoms with Gasteiger partial charge >= 0.3 is 0 Å². The SMILES string of the molecule is O=[N+]([O-])c1ccc2nc(SCc3cc4c(cc3Cl)OCO4)sc2c1. The first-order valence-electron chi connectivity index (χ1n) is 6.86. The van der Waals surface area contributed by atoms with Crippen LogP contribution in [0.1, 0.15) is 5.56 Å². The monoisotopic (exact) mass is 380 g/mol. The quantitative estimate of drug-likeness (QED) is 0.365. The lowest BCUT2D eigenvalue weighted by molar-refractivity contribution is -0.384. The Balaban J connectivity index is 1.56. The van der Waals surface area contributed by atoms with Gasteiger partial charge in [0.05, 0.1) is 15.1 Å². The van der Waals surface area contributed by atoms with Crippen molar-refractivity contribution < 1.29 is 14.4 Å². The Morgan fingerprint density at radius 1 is 1.29 bits per heavy atom. The first kappa shape index (κ1) is 15.5. The molecule has 3 aromatic rings. The molecule has 0 N–H and O–H groups in total. The van der Waals surface area contributed by atoms with Crippen LogP contribution in [0.25, 0.3) is 10.2 Å². The fourth-order valence-corrected chi connectivity index (χ4v) is 4.67. The third-order valence-electron chi connectivity index (χ3n) is 3.46. The summed E-state index contributed by atoms with van der Waals surface area (Å²) in [6, 6.07) is 8.30. The fourth-order valence-electron chi connectivity index (χ4n) is 2.28. The van der Waals surface area contributed by atoms with E-state index in [2.05, 4.69) is 4.98 Å². The number of ether oxygens (including phenoxy) is 2. The number of nitro groups is 1. The maximum absolute atomic E-state index is 10.8. The molecule has 0 saturated carbocycles. The Kier molecular flexibility index (Phi) is 3.95. The van der Waals surface area contributed by atoms with E-state index in [1.807, 2.05) is 6.07 Å². The number of halogens is 1. The van der Waals surface area contributed by atoms with Gasteiger partial charge in [-0.05, 0) is 17.7 Å². The summed E-state index contributed by atoms with van der Waals surface area (Å²) in [4.78, 5) is 14.9. The van der Waals surface area contributed by atoms with Crippen LogP contribution in [0.3, 0.4) is 0 Å².